The van der Waals surface area contributed by atoms with Gasteiger partial charge in [0.2, 0.25) is 0 Å². The van der Waals surface area contributed by atoms with E-state index in [-0.39, 0.29) is 0 Å². The lowest BCUT2D eigenvalue weighted by atomic mass is 10.1. The predicted molar refractivity (Wildman–Crippen MR) is 86.6 cm³/mol. The third-order valence-electron chi connectivity index (χ3n) is 3.54. The van der Waals surface area contributed by atoms with Crippen LogP contribution >= 0.6 is 0 Å². The quantitative estimate of drug-likeness (QED) is 0.365. The second-order valence-electron chi connectivity index (χ2n) is 5.54. The first-order valence-electron chi connectivity index (χ1n) is 8.59. The summed E-state index contributed by atoms with van der Waals surface area (Å²) in [4.78, 5) is 0. The maximum Gasteiger partial charge on any atom is 0.0431 e. The van der Waals surface area contributed by atoms with E-state index in [2.05, 4.69) is 11.8 Å². The Hall–Kier alpha value is -0.520. The van der Waals surface area contributed by atoms with Crippen molar-refractivity contribution in [1.82, 2.24) is 0 Å². The fourth-order valence-corrected chi connectivity index (χ4v) is 2.24. The molecule has 2 nitrogen and oxygen atoms in total. The summed E-state index contributed by atoms with van der Waals surface area (Å²) in [6.07, 6.45) is 16.5. The highest BCUT2D eigenvalue weighted by atomic mass is 16.3. The molecule has 0 spiro atoms. The second kappa shape index (κ2) is 18.5. The molecule has 0 bridgehead atoms. The summed E-state index contributed by atoms with van der Waals surface area (Å²) in [6.45, 7) is 0.680. The van der Waals surface area contributed by atoms with Crippen LogP contribution in [0.4, 0.5) is 0 Å². The molecule has 2 N–H and O–H groups in total. The van der Waals surface area contributed by atoms with Gasteiger partial charge in [0, 0.05) is 26.1 Å². The van der Waals surface area contributed by atoms with Gasteiger partial charge in [0.1, 0.15) is 0 Å². The Bertz CT molecular complexity index is 205. The fraction of sp³-hybridized carbons (Fsp3) is 0.889. The molecule has 0 unspecified atom stereocenters. The summed E-state index contributed by atoms with van der Waals surface area (Å²) in [5, 5.41) is 17.3. The Morgan fingerprint density at radius 3 is 1.05 bits per heavy atom. The lowest BCUT2D eigenvalue weighted by Gasteiger charge is -1.98. The first kappa shape index (κ1) is 19.5. The maximum absolute atomic E-state index is 8.65. The summed E-state index contributed by atoms with van der Waals surface area (Å²) < 4.78 is 0. The molecule has 0 fully saturated rings. The van der Waals surface area contributed by atoms with Crippen LogP contribution in [0.3, 0.4) is 0 Å². The van der Waals surface area contributed by atoms with E-state index in [9.17, 15) is 0 Å². The third kappa shape index (κ3) is 17.5. The van der Waals surface area contributed by atoms with E-state index < -0.39 is 0 Å². The van der Waals surface area contributed by atoms with Crippen LogP contribution in [-0.2, 0) is 0 Å². The van der Waals surface area contributed by atoms with Crippen molar-refractivity contribution < 1.29 is 10.2 Å². The molecule has 0 heterocycles. The van der Waals surface area contributed by atoms with Gasteiger partial charge in [-0.3, -0.25) is 0 Å². The highest BCUT2D eigenvalue weighted by Gasteiger charge is 1.90. The molecule has 0 atom stereocenters. The number of aliphatic hydroxyl groups is 2. The molecule has 0 aromatic heterocycles. The van der Waals surface area contributed by atoms with Gasteiger partial charge < -0.3 is 10.2 Å². The third-order valence-corrected chi connectivity index (χ3v) is 3.54. The largest absolute Gasteiger partial charge is 0.396 e. The van der Waals surface area contributed by atoms with Gasteiger partial charge in [0.15, 0.2) is 0 Å². The summed E-state index contributed by atoms with van der Waals surface area (Å²) in [5.41, 5.74) is 0. The van der Waals surface area contributed by atoms with Gasteiger partial charge in [0.25, 0.3) is 0 Å². The maximum atomic E-state index is 8.65. The molecule has 20 heavy (non-hydrogen) atoms. The molecule has 0 aromatic rings. The van der Waals surface area contributed by atoms with Crippen molar-refractivity contribution >= 4 is 0 Å². The van der Waals surface area contributed by atoms with E-state index in [0.717, 1.165) is 25.7 Å². The lowest BCUT2D eigenvalue weighted by molar-refractivity contribution is 0.282. The molecule has 0 saturated heterocycles. The van der Waals surface area contributed by atoms with Gasteiger partial charge in [-0.1, -0.05) is 51.4 Å². The van der Waals surface area contributed by atoms with Crippen molar-refractivity contribution in [2.24, 2.45) is 0 Å². The van der Waals surface area contributed by atoms with Crippen molar-refractivity contribution in [3.8, 4) is 11.8 Å². The Balaban J connectivity index is 3.06. The number of hydrogen-bond acceptors (Lipinski definition) is 2. The van der Waals surface area contributed by atoms with Crippen LogP contribution in [0.5, 0.6) is 0 Å². The van der Waals surface area contributed by atoms with Crippen molar-refractivity contribution in [3.63, 3.8) is 0 Å². The first-order chi connectivity index (χ1) is 9.91. The fourth-order valence-electron chi connectivity index (χ4n) is 2.24. The Morgan fingerprint density at radius 2 is 0.700 bits per heavy atom. The molecule has 0 aliphatic rings. The van der Waals surface area contributed by atoms with Crippen LogP contribution in [0.2, 0.25) is 0 Å². The van der Waals surface area contributed by atoms with Crippen molar-refractivity contribution in [1.29, 1.82) is 0 Å². The molecule has 2 heteroatoms. The summed E-state index contributed by atoms with van der Waals surface area (Å²) in [5.74, 6) is 6.55. The molecule has 118 valence electrons. The average Bonchev–Trinajstić information content (AvgIpc) is 2.47. The average molecular weight is 282 g/mol. The summed E-state index contributed by atoms with van der Waals surface area (Å²) in [6, 6.07) is 0. The van der Waals surface area contributed by atoms with E-state index in [4.69, 9.17) is 10.2 Å². The highest BCUT2D eigenvalue weighted by molar-refractivity contribution is 4.98. The molecular weight excluding hydrogens is 248 g/mol. The van der Waals surface area contributed by atoms with Gasteiger partial charge in [-0.25, -0.2) is 0 Å². The molecule has 0 aliphatic heterocycles. The van der Waals surface area contributed by atoms with Crippen LogP contribution in [-0.4, -0.2) is 23.4 Å². The van der Waals surface area contributed by atoms with Crippen LogP contribution in [0, 0.1) is 11.8 Å². The minimum Gasteiger partial charge on any atom is -0.396 e. The van der Waals surface area contributed by atoms with Crippen LogP contribution in [0.25, 0.3) is 0 Å². The number of rotatable bonds is 14. The minimum absolute atomic E-state index is 0.340. The van der Waals surface area contributed by atoms with E-state index in [1.807, 2.05) is 0 Å². The molecule has 0 aromatic carbocycles. The number of unbranched alkanes of at least 4 members (excludes halogenated alkanes) is 12. The van der Waals surface area contributed by atoms with Crippen LogP contribution in [0.1, 0.15) is 89.9 Å². The number of hydrogen-bond donors (Lipinski definition) is 2. The molecule has 0 saturated carbocycles. The van der Waals surface area contributed by atoms with Crippen molar-refractivity contribution in [3.05, 3.63) is 0 Å². The van der Waals surface area contributed by atoms with E-state index in [1.165, 1.54) is 64.2 Å². The van der Waals surface area contributed by atoms with Crippen molar-refractivity contribution in [2.75, 3.05) is 13.2 Å². The van der Waals surface area contributed by atoms with Gasteiger partial charge >= 0.3 is 0 Å². The predicted octanol–water partition coefficient (Wildman–Crippen LogP) is 4.44. The van der Waals surface area contributed by atoms with Crippen molar-refractivity contribution in [2.45, 2.75) is 89.9 Å². The zero-order chi connectivity index (χ0) is 14.7. The smallest absolute Gasteiger partial charge is 0.0431 e. The lowest BCUT2D eigenvalue weighted by Crippen LogP contribution is -1.84. The van der Waals surface area contributed by atoms with E-state index in [1.54, 1.807) is 0 Å². The normalized spacial score (nSPS) is 10.3. The standard InChI is InChI=1S/C18H34O2/c19-17-15-13-11-9-7-5-3-1-2-4-6-8-10-12-14-16-18-20/h19-20H,3-18H2. The van der Waals surface area contributed by atoms with Gasteiger partial charge in [-0.15, -0.1) is 11.8 Å². The Labute approximate surface area is 126 Å². The van der Waals surface area contributed by atoms with E-state index in [0.29, 0.717) is 13.2 Å². The zero-order valence-electron chi connectivity index (χ0n) is 13.2. The topological polar surface area (TPSA) is 40.5 Å². The van der Waals surface area contributed by atoms with Crippen LogP contribution < -0.4 is 0 Å². The molecule has 0 rings (SSSR count). The Morgan fingerprint density at radius 1 is 0.400 bits per heavy atom. The molecular formula is C18H34O2. The minimum atomic E-state index is 0.340. The summed E-state index contributed by atoms with van der Waals surface area (Å²) in [7, 11) is 0. The van der Waals surface area contributed by atoms with Crippen LogP contribution in [0.15, 0.2) is 0 Å². The van der Waals surface area contributed by atoms with Gasteiger partial charge in [-0.2, -0.15) is 0 Å². The SMILES string of the molecule is OCCCCCCCCC#CCCCCCCCCO. The Kier molecular flexibility index (Phi) is 18.0. The first-order valence-corrected chi connectivity index (χ1v) is 8.59. The number of aliphatic hydroxyl groups excluding tert-OH is 2. The molecule has 0 amide bonds. The zero-order valence-corrected chi connectivity index (χ0v) is 13.2. The van der Waals surface area contributed by atoms with Gasteiger partial charge in [0.05, 0.1) is 0 Å². The highest BCUT2D eigenvalue weighted by Crippen LogP contribution is 2.07. The molecule has 0 radical (unpaired) electrons. The van der Waals surface area contributed by atoms with Gasteiger partial charge in [-0.05, 0) is 25.7 Å². The van der Waals surface area contributed by atoms with E-state index >= 15 is 0 Å². The molecule has 0 aliphatic carbocycles. The second-order valence-corrected chi connectivity index (χ2v) is 5.54. The summed E-state index contributed by atoms with van der Waals surface area (Å²) >= 11 is 0. The monoisotopic (exact) mass is 282 g/mol.